The van der Waals surface area contributed by atoms with Crippen molar-refractivity contribution in [3.8, 4) is 0 Å². The Labute approximate surface area is 160 Å². The number of unbranched alkanes of at least 4 members (excludes halogenated alkanes) is 1. The zero-order valence-corrected chi connectivity index (χ0v) is 16.2. The Kier molecular flexibility index (Phi) is 6.07. The summed E-state index contributed by atoms with van der Waals surface area (Å²) in [6.07, 6.45) is 5.05. The predicted octanol–water partition coefficient (Wildman–Crippen LogP) is 5.81. The molecule has 4 heteroatoms. The number of carbonyl (C=O) groups is 1. The van der Waals surface area contributed by atoms with Crippen LogP contribution in [-0.4, -0.2) is 17.6 Å². The molecule has 0 radical (unpaired) electrons. The Morgan fingerprint density at radius 2 is 1.89 bits per heavy atom. The van der Waals surface area contributed by atoms with Gasteiger partial charge in [0, 0.05) is 17.3 Å². The van der Waals surface area contributed by atoms with E-state index >= 15 is 0 Å². The molecule has 0 unspecified atom stereocenters. The summed E-state index contributed by atoms with van der Waals surface area (Å²) < 4.78 is 5.23. The van der Waals surface area contributed by atoms with Crippen molar-refractivity contribution >= 4 is 28.2 Å². The highest BCUT2D eigenvalue weighted by Gasteiger charge is 2.17. The number of aryl methyl sites for hydroxylation is 2. The molecule has 4 nitrogen and oxygen atoms in total. The fraction of sp³-hybridized carbons (Fsp3) is 0.304. The SMILES string of the molecule is CCCCc1ccc(Nc2c(C(=O)OCC)cnc3ccc(C)cc23)cc1. The number of nitrogens with one attached hydrogen (secondary N) is 1. The number of esters is 1. The van der Waals surface area contributed by atoms with E-state index in [1.165, 1.54) is 18.4 Å². The number of fused-ring (bicyclic) bond motifs is 1. The molecular weight excluding hydrogens is 336 g/mol. The largest absolute Gasteiger partial charge is 0.462 e. The lowest BCUT2D eigenvalue weighted by molar-refractivity contribution is 0.0527. The fourth-order valence-electron chi connectivity index (χ4n) is 3.08. The standard InChI is InChI=1S/C23H26N2O2/c1-4-6-7-17-9-11-18(12-10-17)25-22-19-14-16(3)8-13-21(19)24-15-20(22)23(26)27-5-2/h8-15H,4-7H2,1-3H3,(H,24,25). The lowest BCUT2D eigenvalue weighted by Gasteiger charge is -2.15. The summed E-state index contributed by atoms with van der Waals surface area (Å²) in [6.45, 7) is 6.36. The van der Waals surface area contributed by atoms with Crippen molar-refractivity contribution in [1.29, 1.82) is 0 Å². The fourth-order valence-corrected chi connectivity index (χ4v) is 3.08. The number of nitrogens with zero attached hydrogens (tertiary/aromatic N) is 1. The van der Waals surface area contributed by atoms with E-state index < -0.39 is 0 Å². The summed E-state index contributed by atoms with van der Waals surface area (Å²) >= 11 is 0. The molecule has 0 aliphatic heterocycles. The van der Waals surface area contributed by atoms with Crippen LogP contribution >= 0.6 is 0 Å². The number of carbonyl (C=O) groups excluding carboxylic acids is 1. The van der Waals surface area contributed by atoms with E-state index in [1.807, 2.05) is 25.1 Å². The number of pyridine rings is 1. The molecule has 0 saturated carbocycles. The van der Waals surface area contributed by atoms with Crippen LogP contribution in [0, 0.1) is 6.92 Å². The minimum atomic E-state index is -0.365. The van der Waals surface area contributed by atoms with E-state index in [4.69, 9.17) is 4.74 Å². The Balaban J connectivity index is 2.01. The van der Waals surface area contributed by atoms with E-state index in [-0.39, 0.29) is 5.97 Å². The molecule has 3 rings (SSSR count). The molecule has 3 aromatic rings. The number of ether oxygens (including phenoxy) is 1. The van der Waals surface area contributed by atoms with Crippen LogP contribution in [0.1, 0.15) is 48.2 Å². The third kappa shape index (κ3) is 4.45. The minimum absolute atomic E-state index is 0.330. The van der Waals surface area contributed by atoms with E-state index in [0.717, 1.165) is 34.3 Å². The van der Waals surface area contributed by atoms with Gasteiger partial charge in [-0.2, -0.15) is 0 Å². The molecule has 0 atom stereocenters. The van der Waals surface area contributed by atoms with Crippen molar-refractivity contribution in [3.05, 3.63) is 65.4 Å². The molecule has 0 spiro atoms. The first kappa shape index (κ1) is 18.9. The molecule has 27 heavy (non-hydrogen) atoms. The zero-order valence-electron chi connectivity index (χ0n) is 16.2. The molecule has 0 aliphatic rings. The molecule has 1 heterocycles. The number of benzene rings is 2. The normalized spacial score (nSPS) is 10.8. The first-order valence-corrected chi connectivity index (χ1v) is 9.54. The van der Waals surface area contributed by atoms with Crippen LogP contribution in [-0.2, 0) is 11.2 Å². The second kappa shape index (κ2) is 8.67. The van der Waals surface area contributed by atoms with Gasteiger partial charge in [0.1, 0.15) is 5.56 Å². The van der Waals surface area contributed by atoms with Crippen molar-refractivity contribution in [1.82, 2.24) is 4.98 Å². The van der Waals surface area contributed by atoms with Gasteiger partial charge in [-0.05, 0) is 56.5 Å². The molecule has 0 aliphatic carbocycles. The van der Waals surface area contributed by atoms with Crippen LogP contribution < -0.4 is 5.32 Å². The number of aromatic nitrogens is 1. The number of rotatable bonds is 7. The number of hydrogen-bond donors (Lipinski definition) is 1. The second-order valence-corrected chi connectivity index (χ2v) is 6.71. The number of anilines is 2. The van der Waals surface area contributed by atoms with E-state index in [2.05, 4.69) is 41.5 Å². The van der Waals surface area contributed by atoms with Crippen LogP contribution in [0.3, 0.4) is 0 Å². The summed E-state index contributed by atoms with van der Waals surface area (Å²) in [5, 5.41) is 4.34. The third-order valence-electron chi connectivity index (χ3n) is 4.56. The highest BCUT2D eigenvalue weighted by atomic mass is 16.5. The molecule has 0 bridgehead atoms. The topological polar surface area (TPSA) is 51.2 Å². The van der Waals surface area contributed by atoms with E-state index in [9.17, 15) is 4.79 Å². The van der Waals surface area contributed by atoms with Gasteiger partial charge in [0.05, 0.1) is 17.8 Å². The summed E-state index contributed by atoms with van der Waals surface area (Å²) in [5.74, 6) is -0.365. The molecule has 0 amide bonds. The average molecular weight is 362 g/mol. The van der Waals surface area contributed by atoms with E-state index in [0.29, 0.717) is 12.2 Å². The van der Waals surface area contributed by atoms with Crippen molar-refractivity contribution in [2.45, 2.75) is 40.0 Å². The highest BCUT2D eigenvalue weighted by molar-refractivity contribution is 6.06. The van der Waals surface area contributed by atoms with Crippen LogP contribution in [0.4, 0.5) is 11.4 Å². The Morgan fingerprint density at radius 1 is 1.11 bits per heavy atom. The van der Waals surface area contributed by atoms with Crippen molar-refractivity contribution in [2.75, 3.05) is 11.9 Å². The van der Waals surface area contributed by atoms with Gasteiger partial charge in [0.2, 0.25) is 0 Å². The van der Waals surface area contributed by atoms with Gasteiger partial charge in [0.15, 0.2) is 0 Å². The Bertz CT molecular complexity index is 933. The summed E-state index contributed by atoms with van der Waals surface area (Å²) in [6, 6.07) is 14.4. The third-order valence-corrected chi connectivity index (χ3v) is 4.56. The maximum atomic E-state index is 12.5. The van der Waals surface area contributed by atoms with Crippen LogP contribution in [0.15, 0.2) is 48.7 Å². The van der Waals surface area contributed by atoms with Gasteiger partial charge in [-0.3, -0.25) is 4.98 Å². The molecule has 1 N–H and O–H groups in total. The van der Waals surface area contributed by atoms with Crippen LogP contribution in [0.5, 0.6) is 0 Å². The lowest BCUT2D eigenvalue weighted by atomic mass is 10.1. The maximum absolute atomic E-state index is 12.5. The quantitative estimate of drug-likeness (QED) is 0.539. The van der Waals surface area contributed by atoms with Gasteiger partial charge in [-0.1, -0.05) is 37.1 Å². The summed E-state index contributed by atoms with van der Waals surface area (Å²) in [7, 11) is 0. The molecule has 2 aromatic carbocycles. The number of hydrogen-bond acceptors (Lipinski definition) is 4. The summed E-state index contributed by atoms with van der Waals surface area (Å²) in [5.41, 5.74) is 5.41. The van der Waals surface area contributed by atoms with Gasteiger partial charge >= 0.3 is 5.97 Å². The first-order chi connectivity index (χ1) is 13.1. The van der Waals surface area contributed by atoms with Crippen LogP contribution in [0.2, 0.25) is 0 Å². The molecule has 0 saturated heterocycles. The van der Waals surface area contributed by atoms with Gasteiger partial charge in [-0.15, -0.1) is 0 Å². The molecule has 1 aromatic heterocycles. The molecule has 0 fully saturated rings. The lowest BCUT2D eigenvalue weighted by Crippen LogP contribution is -2.09. The van der Waals surface area contributed by atoms with Crippen molar-refractivity contribution in [2.24, 2.45) is 0 Å². The minimum Gasteiger partial charge on any atom is -0.462 e. The summed E-state index contributed by atoms with van der Waals surface area (Å²) in [4.78, 5) is 16.9. The maximum Gasteiger partial charge on any atom is 0.341 e. The average Bonchev–Trinajstić information content (AvgIpc) is 2.68. The Hall–Kier alpha value is -2.88. The van der Waals surface area contributed by atoms with Crippen molar-refractivity contribution in [3.63, 3.8) is 0 Å². The second-order valence-electron chi connectivity index (χ2n) is 6.71. The van der Waals surface area contributed by atoms with Crippen LogP contribution in [0.25, 0.3) is 10.9 Å². The highest BCUT2D eigenvalue weighted by Crippen LogP contribution is 2.30. The van der Waals surface area contributed by atoms with Gasteiger partial charge in [-0.25, -0.2) is 4.79 Å². The molecule has 140 valence electrons. The van der Waals surface area contributed by atoms with Crippen molar-refractivity contribution < 1.29 is 9.53 Å². The monoisotopic (exact) mass is 362 g/mol. The smallest absolute Gasteiger partial charge is 0.341 e. The van der Waals surface area contributed by atoms with Gasteiger partial charge in [0.25, 0.3) is 0 Å². The van der Waals surface area contributed by atoms with E-state index in [1.54, 1.807) is 13.1 Å². The Morgan fingerprint density at radius 3 is 2.59 bits per heavy atom. The zero-order chi connectivity index (χ0) is 19.2. The molecular formula is C23H26N2O2. The first-order valence-electron chi connectivity index (χ1n) is 9.54. The predicted molar refractivity (Wildman–Crippen MR) is 111 cm³/mol. The van der Waals surface area contributed by atoms with Gasteiger partial charge < -0.3 is 10.1 Å².